The van der Waals surface area contributed by atoms with Crippen molar-refractivity contribution >= 4 is 11.9 Å². The molecule has 1 aromatic carbocycles. The van der Waals surface area contributed by atoms with Crippen molar-refractivity contribution in [2.45, 2.75) is 52.0 Å². The zero-order valence-electron chi connectivity index (χ0n) is 15.1. The summed E-state index contributed by atoms with van der Waals surface area (Å²) in [7, 11) is 0. The number of aliphatic carboxylic acids is 1. The molecule has 0 spiro atoms. The van der Waals surface area contributed by atoms with E-state index in [0.29, 0.717) is 24.4 Å². The molecule has 0 saturated carbocycles. The predicted octanol–water partition coefficient (Wildman–Crippen LogP) is 2.90. The second-order valence-corrected chi connectivity index (χ2v) is 6.35. The van der Waals surface area contributed by atoms with Crippen molar-refractivity contribution in [3.05, 3.63) is 41.7 Å². The van der Waals surface area contributed by atoms with Crippen molar-refractivity contribution in [3.8, 4) is 5.69 Å². The number of carboxylic acids is 1. The number of amides is 1. The topological polar surface area (TPSA) is 97.1 Å². The largest absolute Gasteiger partial charge is 0.480 e. The van der Waals surface area contributed by atoms with Gasteiger partial charge in [-0.2, -0.15) is 0 Å². The van der Waals surface area contributed by atoms with Gasteiger partial charge in [-0.1, -0.05) is 39.7 Å². The molecule has 0 bridgehead atoms. The molecule has 140 valence electrons. The third-order valence-electron chi connectivity index (χ3n) is 3.85. The van der Waals surface area contributed by atoms with Crippen LogP contribution in [0.3, 0.4) is 0 Å². The third-order valence-corrected chi connectivity index (χ3v) is 3.85. The molecule has 1 atom stereocenters. The predicted molar refractivity (Wildman–Crippen MR) is 93.8 cm³/mol. The molecule has 7 nitrogen and oxygen atoms in total. The van der Waals surface area contributed by atoms with E-state index in [2.05, 4.69) is 15.4 Å². The van der Waals surface area contributed by atoms with Gasteiger partial charge in [0.15, 0.2) is 0 Å². The van der Waals surface area contributed by atoms with Crippen molar-refractivity contribution in [2.75, 3.05) is 0 Å². The fourth-order valence-electron chi connectivity index (χ4n) is 2.48. The van der Waals surface area contributed by atoms with E-state index in [9.17, 15) is 19.1 Å². The van der Waals surface area contributed by atoms with E-state index >= 15 is 0 Å². The first-order valence-corrected chi connectivity index (χ1v) is 8.60. The number of unbranched alkanes of at least 4 members (excludes halogenated alkanes) is 1. The SMILES string of the molecule is CCCC[C@H](NC(=O)c1nc(C(C)C)n(-c2cccc(F)c2)n1)C(=O)O. The average molecular weight is 362 g/mol. The van der Waals surface area contributed by atoms with E-state index in [1.165, 1.54) is 16.8 Å². The molecule has 0 radical (unpaired) electrons. The molecular formula is C18H23FN4O3. The number of nitrogens with zero attached hydrogens (tertiary/aromatic N) is 3. The molecule has 0 unspecified atom stereocenters. The quantitative estimate of drug-likeness (QED) is 0.752. The van der Waals surface area contributed by atoms with Crippen molar-refractivity contribution in [1.82, 2.24) is 20.1 Å². The Labute approximate surface area is 151 Å². The Morgan fingerprint density at radius 3 is 2.65 bits per heavy atom. The minimum Gasteiger partial charge on any atom is -0.480 e. The van der Waals surface area contributed by atoms with Crippen LogP contribution in [0.2, 0.25) is 0 Å². The highest BCUT2D eigenvalue weighted by Gasteiger charge is 2.24. The van der Waals surface area contributed by atoms with E-state index < -0.39 is 23.7 Å². The lowest BCUT2D eigenvalue weighted by Crippen LogP contribution is -2.41. The number of nitrogens with one attached hydrogen (secondary N) is 1. The van der Waals surface area contributed by atoms with Crippen LogP contribution >= 0.6 is 0 Å². The van der Waals surface area contributed by atoms with Gasteiger partial charge in [0.1, 0.15) is 17.7 Å². The summed E-state index contributed by atoms with van der Waals surface area (Å²) >= 11 is 0. The molecule has 2 aromatic rings. The van der Waals surface area contributed by atoms with E-state index in [4.69, 9.17) is 0 Å². The van der Waals surface area contributed by atoms with Gasteiger partial charge < -0.3 is 10.4 Å². The third kappa shape index (κ3) is 4.65. The van der Waals surface area contributed by atoms with Crippen LogP contribution in [-0.4, -0.2) is 37.8 Å². The van der Waals surface area contributed by atoms with Gasteiger partial charge in [-0.05, 0) is 24.6 Å². The second-order valence-electron chi connectivity index (χ2n) is 6.35. The fraction of sp³-hybridized carbons (Fsp3) is 0.444. The first-order chi connectivity index (χ1) is 12.3. The Kier molecular flexibility index (Phi) is 6.43. The maximum Gasteiger partial charge on any atom is 0.326 e. The Morgan fingerprint density at radius 1 is 1.35 bits per heavy atom. The Balaban J connectivity index is 2.31. The number of halogens is 1. The first-order valence-electron chi connectivity index (χ1n) is 8.60. The normalized spacial score (nSPS) is 12.2. The van der Waals surface area contributed by atoms with Crippen LogP contribution in [0.4, 0.5) is 4.39 Å². The number of rotatable bonds is 8. The van der Waals surface area contributed by atoms with Gasteiger partial charge in [0, 0.05) is 5.92 Å². The van der Waals surface area contributed by atoms with Gasteiger partial charge in [-0.3, -0.25) is 4.79 Å². The molecule has 0 aliphatic carbocycles. The Bertz CT molecular complexity index is 788. The van der Waals surface area contributed by atoms with Crippen molar-refractivity contribution in [2.24, 2.45) is 0 Å². The fourth-order valence-corrected chi connectivity index (χ4v) is 2.48. The number of aromatic nitrogens is 3. The molecule has 0 aliphatic heterocycles. The van der Waals surface area contributed by atoms with Gasteiger partial charge in [-0.25, -0.2) is 18.9 Å². The van der Waals surface area contributed by atoms with Crippen molar-refractivity contribution in [1.29, 1.82) is 0 Å². The molecule has 2 N–H and O–H groups in total. The van der Waals surface area contributed by atoms with E-state index in [0.717, 1.165) is 6.42 Å². The minimum atomic E-state index is -1.10. The monoisotopic (exact) mass is 362 g/mol. The maximum absolute atomic E-state index is 13.5. The van der Waals surface area contributed by atoms with Crippen LogP contribution < -0.4 is 5.32 Å². The number of carboxylic acid groups (broad SMARTS) is 1. The molecule has 1 heterocycles. The first kappa shape index (κ1) is 19.6. The van der Waals surface area contributed by atoms with Crippen LogP contribution in [0.25, 0.3) is 5.69 Å². The van der Waals surface area contributed by atoms with Gasteiger partial charge in [0.05, 0.1) is 5.69 Å². The van der Waals surface area contributed by atoms with E-state index in [1.54, 1.807) is 12.1 Å². The Hall–Kier alpha value is -2.77. The number of benzene rings is 1. The molecule has 0 saturated heterocycles. The standard InChI is InChI=1S/C18H23FN4O3/c1-4-5-9-14(18(25)26)20-17(24)15-21-16(11(2)3)23(22-15)13-8-6-7-12(19)10-13/h6-8,10-11,14H,4-5,9H2,1-3H3,(H,20,24)(H,25,26)/t14-/m0/s1. The molecule has 8 heteroatoms. The lowest BCUT2D eigenvalue weighted by atomic mass is 10.1. The summed E-state index contributed by atoms with van der Waals surface area (Å²) in [5.74, 6) is -1.90. The highest BCUT2D eigenvalue weighted by Crippen LogP contribution is 2.18. The number of hydrogen-bond donors (Lipinski definition) is 2. The molecule has 2 rings (SSSR count). The zero-order chi connectivity index (χ0) is 19.3. The van der Waals surface area contributed by atoms with Crippen LogP contribution in [0, 0.1) is 5.82 Å². The van der Waals surface area contributed by atoms with E-state index in [-0.39, 0.29) is 11.7 Å². The van der Waals surface area contributed by atoms with Crippen LogP contribution in [0.15, 0.2) is 24.3 Å². The molecule has 26 heavy (non-hydrogen) atoms. The minimum absolute atomic E-state index is 0.0670. The van der Waals surface area contributed by atoms with Crippen molar-refractivity contribution in [3.63, 3.8) is 0 Å². The molecule has 1 aromatic heterocycles. The van der Waals surface area contributed by atoms with Crippen LogP contribution in [0.1, 0.15) is 62.4 Å². The lowest BCUT2D eigenvalue weighted by molar-refractivity contribution is -0.139. The molecule has 1 amide bonds. The summed E-state index contributed by atoms with van der Waals surface area (Å²) in [4.78, 5) is 28.0. The molecule has 0 aliphatic rings. The van der Waals surface area contributed by atoms with Gasteiger partial charge in [-0.15, -0.1) is 5.10 Å². The summed E-state index contributed by atoms with van der Waals surface area (Å²) in [6.07, 6.45) is 1.84. The van der Waals surface area contributed by atoms with Gasteiger partial charge in [0.2, 0.25) is 5.82 Å². The summed E-state index contributed by atoms with van der Waals surface area (Å²) in [6, 6.07) is 4.82. The molecular weight excluding hydrogens is 339 g/mol. The van der Waals surface area contributed by atoms with Crippen LogP contribution in [-0.2, 0) is 4.79 Å². The average Bonchev–Trinajstić information content (AvgIpc) is 3.04. The molecule has 0 fully saturated rings. The summed E-state index contributed by atoms with van der Waals surface area (Å²) in [5, 5.41) is 15.9. The number of carbonyl (C=O) groups is 2. The summed E-state index contributed by atoms with van der Waals surface area (Å²) < 4.78 is 14.9. The Morgan fingerprint density at radius 2 is 2.08 bits per heavy atom. The summed E-state index contributed by atoms with van der Waals surface area (Å²) in [5.41, 5.74) is 0.445. The highest BCUT2D eigenvalue weighted by atomic mass is 19.1. The lowest BCUT2D eigenvalue weighted by Gasteiger charge is -2.12. The van der Waals surface area contributed by atoms with E-state index in [1.807, 2.05) is 20.8 Å². The van der Waals surface area contributed by atoms with Crippen molar-refractivity contribution < 1.29 is 19.1 Å². The zero-order valence-corrected chi connectivity index (χ0v) is 15.1. The number of hydrogen-bond acceptors (Lipinski definition) is 4. The summed E-state index contributed by atoms with van der Waals surface area (Å²) in [6.45, 7) is 5.70. The maximum atomic E-state index is 13.5. The number of carbonyl (C=O) groups excluding carboxylic acids is 1. The smallest absolute Gasteiger partial charge is 0.326 e. The highest BCUT2D eigenvalue weighted by molar-refractivity contribution is 5.93. The van der Waals surface area contributed by atoms with Gasteiger partial charge >= 0.3 is 5.97 Å². The second kappa shape index (κ2) is 8.55. The van der Waals surface area contributed by atoms with Gasteiger partial charge in [0.25, 0.3) is 5.91 Å². The van der Waals surface area contributed by atoms with Crippen LogP contribution in [0.5, 0.6) is 0 Å².